The van der Waals surface area contributed by atoms with Gasteiger partial charge in [0.05, 0.1) is 26.0 Å². The van der Waals surface area contributed by atoms with Crippen LogP contribution in [-0.2, 0) is 11.3 Å². The normalized spacial score (nSPS) is 12.5. The van der Waals surface area contributed by atoms with Crippen LogP contribution in [-0.4, -0.2) is 44.3 Å². The Morgan fingerprint density at radius 1 is 1.15 bits per heavy atom. The number of benzene rings is 1. The van der Waals surface area contributed by atoms with Crippen molar-refractivity contribution < 1.29 is 9.47 Å². The molecule has 0 fully saturated rings. The van der Waals surface area contributed by atoms with Crippen molar-refractivity contribution in [3.63, 3.8) is 0 Å². The minimum atomic E-state index is 0.379. The van der Waals surface area contributed by atoms with E-state index in [0.717, 1.165) is 18.3 Å². The Bertz CT molecular complexity index is 635. The third kappa shape index (κ3) is 7.98. The lowest BCUT2D eigenvalue weighted by atomic mass is 10.2. The van der Waals surface area contributed by atoms with Crippen LogP contribution in [0.1, 0.15) is 12.5 Å². The number of hydrogen-bond donors (Lipinski definition) is 2. The summed E-state index contributed by atoms with van der Waals surface area (Å²) in [6.45, 7) is 5.48. The molecule has 1 heterocycles. The van der Waals surface area contributed by atoms with Crippen LogP contribution >= 0.6 is 0 Å². The van der Waals surface area contributed by atoms with Gasteiger partial charge in [-0.1, -0.05) is 37.3 Å². The summed E-state index contributed by atoms with van der Waals surface area (Å²) in [4.78, 5) is 8.23. The summed E-state index contributed by atoms with van der Waals surface area (Å²) in [5.74, 6) is 1.90. The monoisotopic (exact) mass is 356 g/mol. The summed E-state index contributed by atoms with van der Waals surface area (Å²) in [6, 6.07) is 13.9. The molecule has 1 aromatic carbocycles. The molecule has 1 atom stereocenters. The van der Waals surface area contributed by atoms with E-state index in [2.05, 4.69) is 39.7 Å². The molecule has 2 aromatic rings. The predicted molar refractivity (Wildman–Crippen MR) is 104 cm³/mol. The van der Waals surface area contributed by atoms with E-state index in [1.165, 1.54) is 5.56 Å². The zero-order chi connectivity index (χ0) is 18.5. The van der Waals surface area contributed by atoms with Gasteiger partial charge < -0.3 is 20.1 Å². The second-order valence-electron chi connectivity index (χ2n) is 6.02. The van der Waals surface area contributed by atoms with Gasteiger partial charge in [0.15, 0.2) is 5.96 Å². The van der Waals surface area contributed by atoms with Gasteiger partial charge in [0.25, 0.3) is 0 Å². The lowest BCUT2D eigenvalue weighted by Gasteiger charge is -2.16. The number of pyridine rings is 1. The summed E-state index contributed by atoms with van der Waals surface area (Å²) in [5, 5.41) is 6.54. The highest BCUT2D eigenvalue weighted by molar-refractivity contribution is 5.79. The Morgan fingerprint density at radius 3 is 2.73 bits per heavy atom. The molecule has 6 heteroatoms. The van der Waals surface area contributed by atoms with E-state index in [0.29, 0.717) is 32.3 Å². The standard InChI is InChI=1S/C20H28N4O2/c1-17(15-25-16-18-7-4-3-5-8-18)13-24-20(21-2)23-11-12-26-19-9-6-10-22-14-19/h3-10,14,17H,11-13,15-16H2,1-2H3,(H2,21,23,24). The molecular formula is C20H28N4O2. The fraction of sp³-hybridized carbons (Fsp3) is 0.400. The van der Waals surface area contributed by atoms with Crippen LogP contribution in [0.5, 0.6) is 5.75 Å². The van der Waals surface area contributed by atoms with Crippen LogP contribution in [0.3, 0.4) is 0 Å². The quantitative estimate of drug-likeness (QED) is 0.389. The Labute approximate surface area is 155 Å². The average molecular weight is 356 g/mol. The molecule has 0 radical (unpaired) electrons. The Balaban J connectivity index is 1.55. The van der Waals surface area contributed by atoms with Gasteiger partial charge in [0.2, 0.25) is 0 Å². The van der Waals surface area contributed by atoms with Gasteiger partial charge >= 0.3 is 0 Å². The van der Waals surface area contributed by atoms with Crippen LogP contribution in [0, 0.1) is 5.92 Å². The second kappa shape index (κ2) is 11.9. The highest BCUT2D eigenvalue weighted by atomic mass is 16.5. The minimum absolute atomic E-state index is 0.379. The molecular weight excluding hydrogens is 328 g/mol. The zero-order valence-corrected chi connectivity index (χ0v) is 15.5. The van der Waals surface area contributed by atoms with Crippen molar-refractivity contribution in [1.82, 2.24) is 15.6 Å². The number of ether oxygens (including phenoxy) is 2. The van der Waals surface area contributed by atoms with Crippen LogP contribution in [0.15, 0.2) is 59.9 Å². The largest absolute Gasteiger partial charge is 0.490 e. The van der Waals surface area contributed by atoms with E-state index in [1.807, 2.05) is 30.3 Å². The molecule has 2 N–H and O–H groups in total. The smallest absolute Gasteiger partial charge is 0.191 e. The molecule has 0 aliphatic rings. The number of nitrogens with one attached hydrogen (secondary N) is 2. The fourth-order valence-electron chi connectivity index (χ4n) is 2.27. The molecule has 140 valence electrons. The van der Waals surface area contributed by atoms with Crippen molar-refractivity contribution in [1.29, 1.82) is 0 Å². The average Bonchev–Trinajstić information content (AvgIpc) is 2.69. The van der Waals surface area contributed by atoms with E-state index in [9.17, 15) is 0 Å². The molecule has 1 unspecified atom stereocenters. The third-order valence-electron chi connectivity index (χ3n) is 3.65. The third-order valence-corrected chi connectivity index (χ3v) is 3.65. The Hall–Kier alpha value is -2.60. The Kier molecular flexibility index (Phi) is 9.00. The number of guanidine groups is 1. The lowest BCUT2D eigenvalue weighted by molar-refractivity contribution is 0.0931. The van der Waals surface area contributed by atoms with Gasteiger partial charge in [-0.05, 0) is 23.6 Å². The maximum Gasteiger partial charge on any atom is 0.191 e. The summed E-state index contributed by atoms with van der Waals surface area (Å²) in [7, 11) is 1.76. The number of rotatable bonds is 10. The summed E-state index contributed by atoms with van der Waals surface area (Å²) in [5.41, 5.74) is 1.19. The van der Waals surface area contributed by atoms with Crippen molar-refractivity contribution in [2.45, 2.75) is 13.5 Å². The van der Waals surface area contributed by atoms with E-state index < -0.39 is 0 Å². The van der Waals surface area contributed by atoms with Crippen LogP contribution in [0.2, 0.25) is 0 Å². The van der Waals surface area contributed by atoms with Crippen molar-refractivity contribution in [3.8, 4) is 5.75 Å². The first-order valence-electron chi connectivity index (χ1n) is 8.87. The van der Waals surface area contributed by atoms with Gasteiger partial charge in [-0.15, -0.1) is 0 Å². The van der Waals surface area contributed by atoms with E-state index >= 15 is 0 Å². The van der Waals surface area contributed by atoms with Crippen molar-refractivity contribution in [2.24, 2.45) is 10.9 Å². The molecule has 1 aromatic heterocycles. The first-order chi connectivity index (χ1) is 12.8. The van der Waals surface area contributed by atoms with E-state index in [1.54, 1.807) is 19.4 Å². The molecule has 0 spiro atoms. The summed E-state index contributed by atoms with van der Waals surface area (Å²) >= 11 is 0. The summed E-state index contributed by atoms with van der Waals surface area (Å²) in [6.07, 6.45) is 3.42. The summed E-state index contributed by atoms with van der Waals surface area (Å²) < 4.78 is 11.4. The maximum atomic E-state index is 5.77. The number of hydrogen-bond acceptors (Lipinski definition) is 4. The lowest BCUT2D eigenvalue weighted by Crippen LogP contribution is -2.41. The molecule has 0 bridgehead atoms. The van der Waals surface area contributed by atoms with Gasteiger partial charge in [-0.3, -0.25) is 9.98 Å². The first-order valence-corrected chi connectivity index (χ1v) is 8.87. The molecule has 6 nitrogen and oxygen atoms in total. The van der Waals surface area contributed by atoms with Crippen LogP contribution < -0.4 is 15.4 Å². The van der Waals surface area contributed by atoms with Gasteiger partial charge in [-0.25, -0.2) is 0 Å². The van der Waals surface area contributed by atoms with Crippen LogP contribution in [0.4, 0.5) is 0 Å². The predicted octanol–water partition coefficient (Wildman–Crippen LogP) is 2.48. The van der Waals surface area contributed by atoms with Crippen molar-refractivity contribution in [2.75, 3.05) is 33.4 Å². The highest BCUT2D eigenvalue weighted by Crippen LogP contribution is 2.05. The molecule has 0 saturated heterocycles. The SMILES string of the molecule is CN=C(NCCOc1cccnc1)NCC(C)COCc1ccccc1. The number of aliphatic imine (C=N–C) groups is 1. The fourth-order valence-corrected chi connectivity index (χ4v) is 2.27. The molecule has 0 aliphatic carbocycles. The first kappa shape index (κ1) is 19.7. The molecule has 0 amide bonds. The maximum absolute atomic E-state index is 5.77. The Morgan fingerprint density at radius 2 is 2.00 bits per heavy atom. The number of aromatic nitrogens is 1. The molecule has 26 heavy (non-hydrogen) atoms. The zero-order valence-electron chi connectivity index (χ0n) is 15.5. The van der Waals surface area contributed by atoms with Gasteiger partial charge in [0, 0.05) is 19.8 Å². The molecule has 2 rings (SSSR count). The van der Waals surface area contributed by atoms with Crippen LogP contribution in [0.25, 0.3) is 0 Å². The highest BCUT2D eigenvalue weighted by Gasteiger charge is 2.05. The second-order valence-corrected chi connectivity index (χ2v) is 6.02. The van der Waals surface area contributed by atoms with E-state index in [-0.39, 0.29) is 0 Å². The topological polar surface area (TPSA) is 67.8 Å². The van der Waals surface area contributed by atoms with E-state index in [4.69, 9.17) is 9.47 Å². The van der Waals surface area contributed by atoms with Gasteiger partial charge in [-0.2, -0.15) is 0 Å². The molecule has 0 saturated carbocycles. The number of nitrogens with zero attached hydrogens (tertiary/aromatic N) is 2. The van der Waals surface area contributed by atoms with Crippen molar-refractivity contribution >= 4 is 5.96 Å². The van der Waals surface area contributed by atoms with Gasteiger partial charge in [0.1, 0.15) is 12.4 Å². The minimum Gasteiger partial charge on any atom is -0.490 e. The van der Waals surface area contributed by atoms with Crippen molar-refractivity contribution in [3.05, 3.63) is 60.4 Å². The molecule has 0 aliphatic heterocycles.